The molecule has 17 heavy (non-hydrogen) atoms. The predicted molar refractivity (Wildman–Crippen MR) is 70.2 cm³/mol. The van der Waals surface area contributed by atoms with Crippen LogP contribution in [0.4, 0.5) is 5.69 Å². The van der Waals surface area contributed by atoms with Crippen molar-refractivity contribution in [1.29, 1.82) is 5.26 Å². The Morgan fingerprint density at radius 1 is 1.41 bits per heavy atom. The summed E-state index contributed by atoms with van der Waals surface area (Å²) in [5.41, 5.74) is 0.505. The van der Waals surface area contributed by atoms with Crippen molar-refractivity contribution in [1.82, 2.24) is 0 Å². The molecule has 92 valence electrons. The zero-order valence-corrected chi connectivity index (χ0v) is 10.9. The minimum absolute atomic E-state index is 0.425. The molecule has 0 atom stereocenters. The van der Waals surface area contributed by atoms with Crippen molar-refractivity contribution in [2.45, 2.75) is 32.3 Å². The van der Waals surface area contributed by atoms with Crippen LogP contribution in [0.1, 0.15) is 32.3 Å². The molecule has 0 spiro atoms. The number of rotatable bonds is 5. The fraction of sp³-hybridized carbons (Fsp3) is 0.462. The largest absolute Gasteiger partial charge is 0.388 e. The van der Waals surface area contributed by atoms with Crippen LogP contribution in [0.2, 0.25) is 5.02 Å². The van der Waals surface area contributed by atoms with Crippen LogP contribution in [0.5, 0.6) is 0 Å². The quantitative estimate of drug-likeness (QED) is 0.846. The van der Waals surface area contributed by atoms with Gasteiger partial charge in [0.1, 0.15) is 0 Å². The highest BCUT2D eigenvalue weighted by Crippen LogP contribution is 2.24. The van der Waals surface area contributed by atoms with E-state index >= 15 is 0 Å². The van der Waals surface area contributed by atoms with Crippen LogP contribution in [0.25, 0.3) is 0 Å². The summed E-state index contributed by atoms with van der Waals surface area (Å²) in [7, 11) is 0. The predicted octanol–water partition coefficient (Wildman–Crippen LogP) is 3.17. The summed E-state index contributed by atoms with van der Waals surface area (Å²) in [5, 5.41) is 22.6. The van der Waals surface area contributed by atoms with Crippen molar-refractivity contribution in [3.8, 4) is 6.07 Å². The van der Waals surface area contributed by atoms with Gasteiger partial charge in [0, 0.05) is 6.54 Å². The lowest BCUT2D eigenvalue weighted by atomic mass is 9.97. The molecule has 1 rings (SSSR count). The molecule has 2 N–H and O–H groups in total. The first kappa shape index (κ1) is 13.8. The van der Waals surface area contributed by atoms with E-state index in [-0.39, 0.29) is 0 Å². The van der Waals surface area contributed by atoms with Gasteiger partial charge in [-0.15, -0.1) is 0 Å². The van der Waals surface area contributed by atoms with E-state index in [0.717, 1.165) is 0 Å². The Morgan fingerprint density at radius 3 is 2.59 bits per heavy atom. The van der Waals surface area contributed by atoms with Gasteiger partial charge in [-0.3, -0.25) is 0 Å². The molecule has 0 aromatic heterocycles. The lowest BCUT2D eigenvalue weighted by Gasteiger charge is -2.26. The van der Waals surface area contributed by atoms with Crippen LogP contribution in [-0.4, -0.2) is 17.3 Å². The Morgan fingerprint density at radius 2 is 2.06 bits per heavy atom. The van der Waals surface area contributed by atoms with Crippen molar-refractivity contribution in [2.24, 2.45) is 0 Å². The van der Waals surface area contributed by atoms with Gasteiger partial charge >= 0.3 is 0 Å². The van der Waals surface area contributed by atoms with Crippen LogP contribution >= 0.6 is 11.6 Å². The Kier molecular flexibility index (Phi) is 4.80. The molecule has 0 radical (unpaired) electrons. The van der Waals surface area contributed by atoms with Crippen molar-refractivity contribution in [3.63, 3.8) is 0 Å². The van der Waals surface area contributed by atoms with Gasteiger partial charge in [-0.1, -0.05) is 25.4 Å². The topological polar surface area (TPSA) is 56.0 Å². The smallest absolute Gasteiger partial charge is 0.0992 e. The van der Waals surface area contributed by atoms with Gasteiger partial charge < -0.3 is 10.4 Å². The summed E-state index contributed by atoms with van der Waals surface area (Å²) >= 11 is 6.01. The zero-order chi connectivity index (χ0) is 12.9. The molecule has 0 aliphatic carbocycles. The van der Waals surface area contributed by atoms with Crippen LogP contribution in [-0.2, 0) is 0 Å². The molecule has 0 fully saturated rings. The van der Waals surface area contributed by atoms with Gasteiger partial charge in [0.15, 0.2) is 0 Å². The van der Waals surface area contributed by atoms with E-state index in [1.54, 1.807) is 18.2 Å². The number of hydrogen-bond donors (Lipinski definition) is 2. The molecule has 0 amide bonds. The van der Waals surface area contributed by atoms with E-state index in [1.165, 1.54) is 0 Å². The molecule has 0 aliphatic rings. The van der Waals surface area contributed by atoms with E-state index in [9.17, 15) is 5.11 Å². The monoisotopic (exact) mass is 252 g/mol. The second-order valence-corrected chi connectivity index (χ2v) is 4.50. The third-order valence-corrected chi connectivity index (χ3v) is 3.35. The minimum Gasteiger partial charge on any atom is -0.388 e. The summed E-state index contributed by atoms with van der Waals surface area (Å²) in [4.78, 5) is 0. The first-order valence-corrected chi connectivity index (χ1v) is 6.08. The first-order chi connectivity index (χ1) is 8.04. The fourth-order valence-electron chi connectivity index (χ4n) is 1.49. The minimum atomic E-state index is -0.730. The highest BCUT2D eigenvalue weighted by atomic mass is 35.5. The zero-order valence-electron chi connectivity index (χ0n) is 10.1. The van der Waals surface area contributed by atoms with Crippen LogP contribution in [0.3, 0.4) is 0 Å². The number of benzene rings is 1. The van der Waals surface area contributed by atoms with Crippen LogP contribution < -0.4 is 5.32 Å². The Hall–Kier alpha value is -1.24. The second kappa shape index (κ2) is 5.90. The molecule has 1 aromatic carbocycles. The van der Waals surface area contributed by atoms with Gasteiger partial charge in [-0.25, -0.2) is 0 Å². The molecular weight excluding hydrogens is 236 g/mol. The molecule has 1 aromatic rings. The number of halogens is 1. The molecule has 0 saturated heterocycles. The second-order valence-electron chi connectivity index (χ2n) is 4.09. The van der Waals surface area contributed by atoms with Crippen LogP contribution in [0.15, 0.2) is 18.2 Å². The third-order valence-electron chi connectivity index (χ3n) is 3.02. The average Bonchev–Trinajstić information content (AvgIpc) is 2.37. The molecule has 0 aliphatic heterocycles. The van der Waals surface area contributed by atoms with Gasteiger partial charge in [-0.2, -0.15) is 5.26 Å². The SMILES string of the molecule is CCC(O)(CC)CNc1cc(C#N)ccc1Cl. The van der Waals surface area contributed by atoms with E-state index in [1.807, 2.05) is 13.8 Å². The number of anilines is 1. The molecular formula is C13H17ClN2O. The molecule has 0 unspecified atom stereocenters. The van der Waals surface area contributed by atoms with E-state index in [4.69, 9.17) is 16.9 Å². The maximum atomic E-state index is 10.1. The standard InChI is InChI=1S/C13H17ClN2O/c1-3-13(17,4-2)9-16-12-7-10(8-15)5-6-11(12)14/h5-7,16-17H,3-4,9H2,1-2H3. The Labute approximate surface area is 107 Å². The van der Waals surface area contributed by atoms with Crippen molar-refractivity contribution >= 4 is 17.3 Å². The Bertz CT molecular complexity index is 422. The lowest BCUT2D eigenvalue weighted by molar-refractivity contribution is 0.0457. The molecule has 0 heterocycles. The van der Waals surface area contributed by atoms with Gasteiger partial charge in [0.05, 0.1) is 27.9 Å². The van der Waals surface area contributed by atoms with Gasteiger partial charge in [0.25, 0.3) is 0 Å². The third kappa shape index (κ3) is 3.62. The first-order valence-electron chi connectivity index (χ1n) is 5.70. The van der Waals surface area contributed by atoms with Crippen molar-refractivity contribution in [2.75, 3.05) is 11.9 Å². The summed E-state index contributed by atoms with van der Waals surface area (Å²) in [6.07, 6.45) is 1.35. The highest BCUT2D eigenvalue weighted by molar-refractivity contribution is 6.33. The van der Waals surface area contributed by atoms with Gasteiger partial charge in [0.2, 0.25) is 0 Å². The van der Waals surface area contributed by atoms with Crippen LogP contribution in [0, 0.1) is 11.3 Å². The number of nitrogens with one attached hydrogen (secondary N) is 1. The molecule has 0 bridgehead atoms. The normalized spacial score (nSPS) is 11.0. The Balaban J connectivity index is 2.79. The number of hydrogen-bond acceptors (Lipinski definition) is 3. The van der Waals surface area contributed by atoms with Crippen molar-refractivity contribution < 1.29 is 5.11 Å². The molecule has 4 heteroatoms. The van der Waals surface area contributed by atoms with Gasteiger partial charge in [-0.05, 0) is 31.0 Å². The summed E-state index contributed by atoms with van der Waals surface area (Å²) < 4.78 is 0. The van der Waals surface area contributed by atoms with E-state index < -0.39 is 5.60 Å². The average molecular weight is 253 g/mol. The molecule has 3 nitrogen and oxygen atoms in total. The number of nitrogens with zero attached hydrogens (tertiary/aromatic N) is 1. The summed E-state index contributed by atoms with van der Waals surface area (Å²) in [6, 6.07) is 7.09. The molecule has 0 saturated carbocycles. The number of nitriles is 1. The van der Waals surface area contributed by atoms with E-state index in [2.05, 4.69) is 11.4 Å². The van der Waals surface area contributed by atoms with Crippen molar-refractivity contribution in [3.05, 3.63) is 28.8 Å². The summed E-state index contributed by atoms with van der Waals surface area (Å²) in [6.45, 7) is 4.31. The highest BCUT2D eigenvalue weighted by Gasteiger charge is 2.21. The fourth-order valence-corrected chi connectivity index (χ4v) is 1.67. The lowest BCUT2D eigenvalue weighted by Crippen LogP contribution is -2.35. The van der Waals surface area contributed by atoms with E-state index in [0.29, 0.717) is 35.7 Å². The maximum Gasteiger partial charge on any atom is 0.0992 e. The number of aliphatic hydroxyl groups is 1. The summed E-state index contributed by atoms with van der Waals surface area (Å²) in [5.74, 6) is 0. The maximum absolute atomic E-state index is 10.1.